The Labute approximate surface area is 130 Å². The molecule has 0 spiro atoms. The molecule has 2 aromatic rings. The van der Waals surface area contributed by atoms with Crippen LogP contribution in [0.3, 0.4) is 0 Å². The van der Waals surface area contributed by atoms with Crippen molar-refractivity contribution in [3.05, 3.63) is 53.1 Å². The van der Waals surface area contributed by atoms with Gasteiger partial charge in [-0.05, 0) is 30.2 Å². The molecule has 0 radical (unpaired) electrons. The zero-order chi connectivity index (χ0) is 15.2. The van der Waals surface area contributed by atoms with E-state index >= 15 is 0 Å². The Morgan fingerprint density at radius 2 is 1.48 bits per heavy atom. The third kappa shape index (κ3) is 3.82. The van der Waals surface area contributed by atoms with Gasteiger partial charge in [0.1, 0.15) is 6.61 Å². The van der Waals surface area contributed by atoms with Gasteiger partial charge in [0.15, 0.2) is 11.5 Å². The van der Waals surface area contributed by atoms with Crippen molar-refractivity contribution in [3.63, 3.8) is 0 Å². The van der Waals surface area contributed by atoms with Crippen molar-refractivity contribution in [1.29, 1.82) is 0 Å². The van der Waals surface area contributed by atoms with Crippen molar-refractivity contribution >= 4 is 11.6 Å². The average molecular weight is 307 g/mol. The number of aryl methyl sites for hydroxylation is 1. The largest absolute Gasteiger partial charge is 0.493 e. The second-order valence-corrected chi connectivity index (χ2v) is 5.00. The lowest BCUT2D eigenvalue weighted by atomic mass is 10.1. The van der Waals surface area contributed by atoms with Crippen LogP contribution in [0.25, 0.3) is 0 Å². The normalized spacial score (nSPS) is 10.3. The van der Waals surface area contributed by atoms with Gasteiger partial charge in [-0.3, -0.25) is 0 Å². The van der Waals surface area contributed by atoms with Crippen LogP contribution in [0, 0.1) is 6.92 Å². The van der Waals surface area contributed by atoms with Gasteiger partial charge in [-0.2, -0.15) is 0 Å². The number of halogens is 1. The fourth-order valence-corrected chi connectivity index (χ4v) is 2.15. The highest BCUT2D eigenvalue weighted by Gasteiger charge is 2.14. The summed E-state index contributed by atoms with van der Waals surface area (Å²) in [4.78, 5) is 0. The molecule has 0 N–H and O–H groups in total. The predicted octanol–water partition coefficient (Wildman–Crippen LogP) is 4.33. The molecular weight excluding hydrogens is 288 g/mol. The van der Waals surface area contributed by atoms with E-state index in [-0.39, 0.29) is 0 Å². The van der Waals surface area contributed by atoms with Gasteiger partial charge in [0.25, 0.3) is 0 Å². The van der Waals surface area contributed by atoms with E-state index < -0.39 is 0 Å². The van der Waals surface area contributed by atoms with Crippen LogP contribution in [-0.4, -0.2) is 14.2 Å². The van der Waals surface area contributed by atoms with Crippen LogP contribution in [0.5, 0.6) is 17.2 Å². The summed E-state index contributed by atoms with van der Waals surface area (Å²) in [5.41, 5.74) is 3.24. The highest BCUT2D eigenvalue weighted by atomic mass is 35.5. The average Bonchev–Trinajstić information content (AvgIpc) is 2.53. The fraction of sp³-hybridized carbons (Fsp3) is 0.294. The van der Waals surface area contributed by atoms with Crippen molar-refractivity contribution in [3.8, 4) is 17.2 Å². The van der Waals surface area contributed by atoms with Crippen LogP contribution in [0.15, 0.2) is 36.4 Å². The Balaban J connectivity index is 2.23. The Hall–Kier alpha value is -1.87. The molecule has 0 aromatic heterocycles. The lowest BCUT2D eigenvalue weighted by Gasteiger charge is -2.15. The third-order valence-electron chi connectivity index (χ3n) is 3.18. The van der Waals surface area contributed by atoms with E-state index in [0.717, 1.165) is 11.1 Å². The highest BCUT2D eigenvalue weighted by Crippen LogP contribution is 2.39. The summed E-state index contributed by atoms with van der Waals surface area (Å²) in [6.07, 6.45) is 0. The van der Waals surface area contributed by atoms with E-state index in [0.29, 0.717) is 29.7 Å². The molecule has 0 saturated heterocycles. The Morgan fingerprint density at radius 1 is 0.905 bits per heavy atom. The summed E-state index contributed by atoms with van der Waals surface area (Å²) >= 11 is 5.87. The molecule has 0 aliphatic rings. The molecular formula is C17H19ClO3. The molecule has 112 valence electrons. The summed E-state index contributed by atoms with van der Waals surface area (Å²) in [6.45, 7) is 2.51. The zero-order valence-electron chi connectivity index (χ0n) is 12.5. The number of hydrogen-bond donors (Lipinski definition) is 0. The molecule has 0 atom stereocenters. The van der Waals surface area contributed by atoms with E-state index in [1.54, 1.807) is 14.2 Å². The monoisotopic (exact) mass is 306 g/mol. The Kier molecular flexibility index (Phi) is 5.34. The summed E-state index contributed by atoms with van der Waals surface area (Å²) in [5.74, 6) is 2.23. The molecule has 0 fully saturated rings. The van der Waals surface area contributed by atoms with E-state index in [4.69, 9.17) is 25.8 Å². The predicted molar refractivity (Wildman–Crippen MR) is 84.6 cm³/mol. The molecule has 4 heteroatoms. The lowest BCUT2D eigenvalue weighted by molar-refractivity contribution is 0.265. The van der Waals surface area contributed by atoms with Crippen molar-refractivity contribution in [2.45, 2.75) is 19.4 Å². The maximum Gasteiger partial charge on any atom is 0.203 e. The van der Waals surface area contributed by atoms with Gasteiger partial charge in [-0.1, -0.05) is 29.8 Å². The number of ether oxygens (including phenoxy) is 3. The number of rotatable bonds is 6. The Morgan fingerprint density at radius 3 is 1.95 bits per heavy atom. The van der Waals surface area contributed by atoms with Crippen molar-refractivity contribution in [2.24, 2.45) is 0 Å². The van der Waals surface area contributed by atoms with E-state index in [1.165, 1.54) is 5.56 Å². The number of hydrogen-bond acceptors (Lipinski definition) is 3. The molecule has 0 aliphatic heterocycles. The minimum atomic E-state index is 0.394. The summed E-state index contributed by atoms with van der Waals surface area (Å²) < 4.78 is 16.6. The first-order valence-corrected chi connectivity index (χ1v) is 7.20. The van der Waals surface area contributed by atoms with Crippen molar-refractivity contribution < 1.29 is 14.2 Å². The van der Waals surface area contributed by atoms with Crippen LogP contribution in [-0.2, 0) is 12.5 Å². The number of alkyl halides is 1. The first-order chi connectivity index (χ1) is 10.2. The fourth-order valence-electron chi connectivity index (χ4n) is 1.99. The maximum atomic E-state index is 5.88. The van der Waals surface area contributed by atoms with Crippen molar-refractivity contribution in [1.82, 2.24) is 0 Å². The Bertz CT molecular complexity index is 568. The smallest absolute Gasteiger partial charge is 0.203 e. The van der Waals surface area contributed by atoms with E-state index in [1.807, 2.05) is 24.3 Å². The molecule has 0 aliphatic carbocycles. The van der Waals surface area contributed by atoms with Gasteiger partial charge in [0, 0.05) is 5.88 Å². The number of benzene rings is 2. The van der Waals surface area contributed by atoms with Crippen LogP contribution in [0.2, 0.25) is 0 Å². The standard InChI is InChI=1S/C17H19ClO3/c1-12-4-6-13(7-5-12)11-21-17-15(19-2)8-14(10-18)9-16(17)20-3/h4-9H,10-11H2,1-3H3. The first-order valence-electron chi connectivity index (χ1n) is 6.67. The third-order valence-corrected chi connectivity index (χ3v) is 3.49. The van der Waals surface area contributed by atoms with Gasteiger partial charge in [-0.25, -0.2) is 0 Å². The second kappa shape index (κ2) is 7.23. The first kappa shape index (κ1) is 15.5. The lowest BCUT2D eigenvalue weighted by Crippen LogP contribution is -2.01. The van der Waals surface area contributed by atoms with Crippen LogP contribution >= 0.6 is 11.6 Å². The minimum absolute atomic E-state index is 0.394. The molecule has 0 bridgehead atoms. The summed E-state index contributed by atoms with van der Waals surface area (Å²) in [6, 6.07) is 11.9. The van der Waals surface area contributed by atoms with Gasteiger partial charge in [-0.15, -0.1) is 11.6 Å². The zero-order valence-corrected chi connectivity index (χ0v) is 13.2. The molecule has 21 heavy (non-hydrogen) atoms. The molecule has 3 nitrogen and oxygen atoms in total. The molecule has 0 unspecified atom stereocenters. The molecule has 2 aromatic carbocycles. The van der Waals surface area contributed by atoms with Gasteiger partial charge in [0.2, 0.25) is 5.75 Å². The van der Waals surface area contributed by atoms with Gasteiger partial charge >= 0.3 is 0 Å². The molecule has 0 amide bonds. The minimum Gasteiger partial charge on any atom is -0.493 e. The quantitative estimate of drug-likeness (QED) is 0.743. The van der Waals surface area contributed by atoms with Gasteiger partial charge in [0.05, 0.1) is 14.2 Å². The SMILES string of the molecule is COc1cc(CCl)cc(OC)c1OCc1ccc(C)cc1. The topological polar surface area (TPSA) is 27.7 Å². The van der Waals surface area contributed by atoms with Crippen LogP contribution in [0.1, 0.15) is 16.7 Å². The van der Waals surface area contributed by atoms with E-state index in [2.05, 4.69) is 19.1 Å². The highest BCUT2D eigenvalue weighted by molar-refractivity contribution is 6.17. The molecule has 0 saturated carbocycles. The maximum absolute atomic E-state index is 5.88. The summed E-state index contributed by atoms with van der Waals surface area (Å²) in [7, 11) is 3.21. The van der Waals surface area contributed by atoms with E-state index in [9.17, 15) is 0 Å². The van der Waals surface area contributed by atoms with Crippen LogP contribution < -0.4 is 14.2 Å². The van der Waals surface area contributed by atoms with Gasteiger partial charge < -0.3 is 14.2 Å². The molecule has 0 heterocycles. The van der Waals surface area contributed by atoms with Crippen molar-refractivity contribution in [2.75, 3.05) is 14.2 Å². The van der Waals surface area contributed by atoms with Crippen LogP contribution in [0.4, 0.5) is 0 Å². The second-order valence-electron chi connectivity index (χ2n) is 4.74. The number of methoxy groups -OCH3 is 2. The molecule has 2 rings (SSSR count). The summed E-state index contributed by atoms with van der Waals surface area (Å²) in [5, 5.41) is 0.